The first kappa shape index (κ1) is 10.3. The van der Waals surface area contributed by atoms with Gasteiger partial charge in [-0.1, -0.05) is 25.5 Å². The van der Waals surface area contributed by atoms with Crippen molar-refractivity contribution in [2.24, 2.45) is 0 Å². The fourth-order valence-corrected chi connectivity index (χ4v) is 0.848. The van der Waals surface area contributed by atoms with E-state index in [1.807, 2.05) is 13.8 Å². The van der Waals surface area contributed by atoms with E-state index < -0.39 is 0 Å². The van der Waals surface area contributed by atoms with E-state index in [1.54, 1.807) is 0 Å². The molecule has 1 heterocycles. The molecule has 0 atom stereocenters. The fraction of sp³-hybridized carbons (Fsp3) is 0.600. The molecule has 0 aromatic rings. The molecule has 64 valence electrons. The summed E-state index contributed by atoms with van der Waals surface area (Å²) in [5, 5.41) is 0. The van der Waals surface area contributed by atoms with E-state index in [4.69, 9.17) is 0 Å². The average Bonchev–Trinajstić information content (AvgIpc) is 2.10. The molecule has 0 unspecified atom stereocenters. The summed E-state index contributed by atoms with van der Waals surface area (Å²) in [5.74, 6) is 0. The van der Waals surface area contributed by atoms with Crippen molar-refractivity contribution in [3.8, 4) is 0 Å². The van der Waals surface area contributed by atoms with Crippen molar-refractivity contribution < 1.29 is 0 Å². The van der Waals surface area contributed by atoms with Gasteiger partial charge in [-0.05, 0) is 26.1 Å². The molecule has 1 rings (SSSR count). The van der Waals surface area contributed by atoms with Crippen molar-refractivity contribution in [1.82, 2.24) is 4.90 Å². The number of rotatable bonds is 1. The fourth-order valence-electron chi connectivity index (χ4n) is 0.848. The Morgan fingerprint density at radius 3 is 2.45 bits per heavy atom. The summed E-state index contributed by atoms with van der Waals surface area (Å²) in [6, 6.07) is 0. The number of likely N-dealkylation sites (N-methyl/N-ethyl adjacent to an activating group) is 1. The average molecular weight is 153 g/mol. The molecule has 0 amide bonds. The lowest BCUT2D eigenvalue weighted by Crippen LogP contribution is -2.18. The van der Waals surface area contributed by atoms with Crippen LogP contribution in [0.4, 0.5) is 0 Å². The lowest BCUT2D eigenvalue weighted by Gasteiger charge is -2.19. The topological polar surface area (TPSA) is 3.24 Å². The largest absolute Gasteiger partial charge is 0.374 e. The lowest BCUT2D eigenvalue weighted by molar-refractivity contribution is 0.434. The Balaban J connectivity index is 0.000000461. The molecule has 0 saturated heterocycles. The monoisotopic (exact) mass is 153 g/mol. The highest BCUT2D eigenvalue weighted by Crippen LogP contribution is 2.04. The third-order valence-corrected chi connectivity index (χ3v) is 1.60. The molecule has 0 bridgehead atoms. The first-order chi connectivity index (χ1) is 5.33. The van der Waals surface area contributed by atoms with Crippen LogP contribution in [-0.4, -0.2) is 18.0 Å². The number of hydrogen-bond acceptors (Lipinski definition) is 1. The molecular weight excluding hydrogens is 134 g/mol. The minimum Gasteiger partial charge on any atom is -0.374 e. The molecule has 0 saturated carbocycles. The second-order valence-electron chi connectivity index (χ2n) is 2.35. The minimum atomic E-state index is 1.08. The molecule has 1 aliphatic heterocycles. The third kappa shape index (κ3) is 3.87. The Morgan fingerprint density at radius 2 is 2.09 bits per heavy atom. The molecule has 11 heavy (non-hydrogen) atoms. The minimum absolute atomic E-state index is 1.08. The second kappa shape index (κ2) is 6.02. The molecule has 0 aliphatic carbocycles. The van der Waals surface area contributed by atoms with Gasteiger partial charge < -0.3 is 4.90 Å². The highest BCUT2D eigenvalue weighted by Gasteiger charge is 1.96. The summed E-state index contributed by atoms with van der Waals surface area (Å²) >= 11 is 0. The van der Waals surface area contributed by atoms with Crippen LogP contribution in [0.5, 0.6) is 0 Å². The van der Waals surface area contributed by atoms with Crippen molar-refractivity contribution in [3.63, 3.8) is 0 Å². The van der Waals surface area contributed by atoms with Crippen LogP contribution in [0.15, 0.2) is 23.9 Å². The maximum Gasteiger partial charge on any atom is 0.0359 e. The van der Waals surface area contributed by atoms with E-state index in [0.29, 0.717) is 0 Å². The summed E-state index contributed by atoms with van der Waals surface area (Å²) in [6.45, 7) is 10.5. The van der Waals surface area contributed by atoms with Crippen molar-refractivity contribution in [2.45, 2.75) is 27.7 Å². The Morgan fingerprint density at radius 1 is 1.45 bits per heavy atom. The highest BCUT2D eigenvalue weighted by atomic mass is 15.1. The normalized spacial score (nSPS) is 15.3. The van der Waals surface area contributed by atoms with Crippen molar-refractivity contribution in [3.05, 3.63) is 23.9 Å². The molecule has 0 aromatic heterocycles. The van der Waals surface area contributed by atoms with Gasteiger partial charge in [0.25, 0.3) is 0 Å². The predicted octanol–water partition coefficient (Wildman–Crippen LogP) is 2.81. The van der Waals surface area contributed by atoms with E-state index in [-0.39, 0.29) is 0 Å². The van der Waals surface area contributed by atoms with Crippen molar-refractivity contribution in [2.75, 3.05) is 13.1 Å². The molecule has 0 fully saturated rings. The zero-order valence-corrected chi connectivity index (χ0v) is 8.09. The van der Waals surface area contributed by atoms with Gasteiger partial charge >= 0.3 is 0 Å². The van der Waals surface area contributed by atoms with Crippen LogP contribution in [0.3, 0.4) is 0 Å². The summed E-state index contributed by atoms with van der Waals surface area (Å²) in [7, 11) is 0. The third-order valence-electron chi connectivity index (χ3n) is 1.60. The maximum absolute atomic E-state index is 2.27. The molecule has 0 spiro atoms. The van der Waals surface area contributed by atoms with Crippen LogP contribution >= 0.6 is 0 Å². The molecular formula is C10H19N. The van der Waals surface area contributed by atoms with Gasteiger partial charge in [-0.3, -0.25) is 0 Å². The molecule has 1 nitrogen and oxygen atoms in total. The van der Waals surface area contributed by atoms with Gasteiger partial charge in [-0.2, -0.15) is 0 Å². The zero-order chi connectivity index (χ0) is 8.69. The Labute approximate surface area is 70.4 Å². The summed E-state index contributed by atoms with van der Waals surface area (Å²) in [4.78, 5) is 2.27. The molecule has 0 radical (unpaired) electrons. The summed E-state index contributed by atoms with van der Waals surface area (Å²) in [5.41, 5.74) is 1.37. The number of allylic oxidation sites excluding steroid dienone is 2. The van der Waals surface area contributed by atoms with Crippen LogP contribution < -0.4 is 0 Å². The van der Waals surface area contributed by atoms with Gasteiger partial charge in [0, 0.05) is 13.1 Å². The molecule has 1 heteroatoms. The lowest BCUT2D eigenvalue weighted by atomic mass is 10.2. The first-order valence-corrected chi connectivity index (χ1v) is 4.42. The van der Waals surface area contributed by atoms with Gasteiger partial charge in [0.1, 0.15) is 0 Å². The van der Waals surface area contributed by atoms with Gasteiger partial charge in [-0.15, -0.1) is 0 Å². The maximum atomic E-state index is 2.27. The highest BCUT2D eigenvalue weighted by molar-refractivity contribution is 5.19. The van der Waals surface area contributed by atoms with E-state index in [9.17, 15) is 0 Å². The standard InChI is InChI=1S/C8H13N.C2H6/c1-3-9-6-4-8(2)5-7-9;1-2/h4-6H,3,7H2,1-2H3;1-2H3. The van der Waals surface area contributed by atoms with E-state index in [1.165, 1.54) is 5.57 Å². The van der Waals surface area contributed by atoms with Gasteiger partial charge in [0.2, 0.25) is 0 Å². The van der Waals surface area contributed by atoms with E-state index >= 15 is 0 Å². The van der Waals surface area contributed by atoms with E-state index in [2.05, 4.69) is 37.1 Å². The van der Waals surface area contributed by atoms with Crippen LogP contribution in [0.1, 0.15) is 27.7 Å². The quantitative estimate of drug-likeness (QED) is 0.560. The summed E-state index contributed by atoms with van der Waals surface area (Å²) in [6.07, 6.45) is 6.53. The molecule has 1 aliphatic rings. The molecule has 0 N–H and O–H groups in total. The number of hydrogen-bond donors (Lipinski definition) is 0. The van der Waals surface area contributed by atoms with Gasteiger partial charge in [0.05, 0.1) is 0 Å². The van der Waals surface area contributed by atoms with Crippen LogP contribution in [-0.2, 0) is 0 Å². The number of nitrogens with zero attached hydrogens (tertiary/aromatic N) is 1. The van der Waals surface area contributed by atoms with Crippen molar-refractivity contribution >= 4 is 0 Å². The van der Waals surface area contributed by atoms with E-state index in [0.717, 1.165) is 13.1 Å². The smallest absolute Gasteiger partial charge is 0.0359 e. The van der Waals surface area contributed by atoms with Crippen LogP contribution in [0.2, 0.25) is 0 Å². The van der Waals surface area contributed by atoms with Crippen LogP contribution in [0.25, 0.3) is 0 Å². The van der Waals surface area contributed by atoms with Gasteiger partial charge in [0.15, 0.2) is 0 Å². The SMILES string of the molecule is CC.CCN1C=CC(C)=CC1. The van der Waals surface area contributed by atoms with Crippen LogP contribution in [0, 0.1) is 0 Å². The summed E-state index contributed by atoms with van der Waals surface area (Å²) < 4.78 is 0. The first-order valence-electron chi connectivity index (χ1n) is 4.42. The molecule has 0 aromatic carbocycles. The van der Waals surface area contributed by atoms with Gasteiger partial charge in [-0.25, -0.2) is 0 Å². The zero-order valence-electron chi connectivity index (χ0n) is 8.09. The Hall–Kier alpha value is -0.720. The van der Waals surface area contributed by atoms with Crippen molar-refractivity contribution in [1.29, 1.82) is 0 Å². The Bertz CT molecular complexity index is 145. The second-order valence-corrected chi connectivity index (χ2v) is 2.35. The Kier molecular flexibility index (Phi) is 5.63. The predicted molar refractivity (Wildman–Crippen MR) is 51.5 cm³/mol.